The van der Waals surface area contributed by atoms with Gasteiger partial charge < -0.3 is 10.2 Å². The molecule has 2 fully saturated rings. The zero-order valence-electron chi connectivity index (χ0n) is 11.5. The third-order valence-electron chi connectivity index (χ3n) is 4.14. The summed E-state index contributed by atoms with van der Waals surface area (Å²) in [5.74, 6) is 1.16. The van der Waals surface area contributed by atoms with Crippen LogP contribution in [0.4, 0.5) is 11.5 Å². The largest absolute Gasteiger partial charge is 0.348 e. The summed E-state index contributed by atoms with van der Waals surface area (Å²) in [5.41, 5.74) is 0.133. The Kier molecular flexibility index (Phi) is 3.82. The van der Waals surface area contributed by atoms with Gasteiger partial charge in [0.2, 0.25) is 5.82 Å². The minimum absolute atomic E-state index is 0.133. The summed E-state index contributed by atoms with van der Waals surface area (Å²) in [6.07, 6.45) is 6.19. The molecule has 0 amide bonds. The molecule has 1 aromatic heterocycles. The van der Waals surface area contributed by atoms with Crippen LogP contribution in [0.2, 0.25) is 0 Å². The van der Waals surface area contributed by atoms with E-state index in [0.29, 0.717) is 17.8 Å². The van der Waals surface area contributed by atoms with Gasteiger partial charge in [0.25, 0.3) is 0 Å². The van der Waals surface area contributed by atoms with E-state index in [9.17, 15) is 10.1 Å². The van der Waals surface area contributed by atoms with Crippen molar-refractivity contribution in [1.29, 1.82) is 0 Å². The van der Waals surface area contributed by atoms with E-state index in [0.717, 1.165) is 45.3 Å². The molecule has 0 aromatic carbocycles. The van der Waals surface area contributed by atoms with Crippen LogP contribution >= 0.6 is 0 Å². The minimum Gasteiger partial charge on any atom is -0.348 e. The molecule has 1 aliphatic carbocycles. The Labute approximate surface area is 118 Å². The lowest BCUT2D eigenvalue weighted by molar-refractivity contribution is -0.384. The first-order valence-corrected chi connectivity index (χ1v) is 7.32. The molecule has 108 valence electrons. The first-order chi connectivity index (χ1) is 9.75. The highest BCUT2D eigenvalue weighted by atomic mass is 16.6. The maximum Gasteiger partial charge on any atom is 0.311 e. The van der Waals surface area contributed by atoms with Crippen molar-refractivity contribution >= 4 is 11.5 Å². The molecule has 2 aliphatic rings. The molecule has 3 rings (SSSR count). The molecule has 1 aromatic rings. The summed E-state index contributed by atoms with van der Waals surface area (Å²) in [7, 11) is 0. The molecule has 1 N–H and O–H groups in total. The van der Waals surface area contributed by atoms with Crippen LogP contribution < -0.4 is 10.2 Å². The van der Waals surface area contributed by atoms with E-state index in [1.54, 1.807) is 18.3 Å². The topological polar surface area (TPSA) is 71.3 Å². The van der Waals surface area contributed by atoms with Gasteiger partial charge in [0, 0.05) is 24.8 Å². The molecule has 0 spiro atoms. The average molecular weight is 276 g/mol. The van der Waals surface area contributed by atoms with Crippen molar-refractivity contribution in [2.75, 3.05) is 24.5 Å². The Bertz CT molecular complexity index is 484. The normalized spacial score (nSPS) is 19.8. The fourth-order valence-corrected chi connectivity index (χ4v) is 2.89. The number of aromatic nitrogens is 1. The number of nitrogens with one attached hydrogen (secondary N) is 1. The van der Waals surface area contributed by atoms with Gasteiger partial charge in [-0.2, -0.15) is 0 Å². The van der Waals surface area contributed by atoms with Crippen molar-refractivity contribution in [2.45, 2.75) is 31.7 Å². The first kappa shape index (κ1) is 13.3. The molecule has 0 atom stereocenters. The number of nitro groups is 1. The quantitative estimate of drug-likeness (QED) is 0.657. The Balaban J connectivity index is 1.81. The number of rotatable bonds is 5. The third-order valence-corrected chi connectivity index (χ3v) is 4.14. The summed E-state index contributed by atoms with van der Waals surface area (Å²) in [5, 5.41) is 14.6. The molecule has 1 aliphatic heterocycles. The predicted molar refractivity (Wildman–Crippen MR) is 76.9 cm³/mol. The molecular formula is C14H20N4O2. The molecule has 20 heavy (non-hydrogen) atoms. The lowest BCUT2D eigenvalue weighted by atomic mass is 9.97. The van der Waals surface area contributed by atoms with Crippen molar-refractivity contribution < 1.29 is 4.92 Å². The van der Waals surface area contributed by atoms with Gasteiger partial charge in [-0.1, -0.05) is 0 Å². The number of piperidine rings is 1. The molecule has 1 saturated heterocycles. The number of pyridine rings is 1. The van der Waals surface area contributed by atoms with Crippen LogP contribution in [0, 0.1) is 16.0 Å². The average Bonchev–Trinajstić information content (AvgIpc) is 3.30. The van der Waals surface area contributed by atoms with Crippen LogP contribution in [0.25, 0.3) is 0 Å². The Hall–Kier alpha value is -1.69. The zero-order valence-corrected chi connectivity index (χ0v) is 11.5. The molecular weight excluding hydrogens is 256 g/mol. The highest BCUT2D eigenvalue weighted by Crippen LogP contribution is 2.36. The van der Waals surface area contributed by atoms with Crippen molar-refractivity contribution in [3.63, 3.8) is 0 Å². The summed E-state index contributed by atoms with van der Waals surface area (Å²) in [6.45, 7) is 2.99. The Morgan fingerprint density at radius 2 is 2.10 bits per heavy atom. The van der Waals surface area contributed by atoms with Gasteiger partial charge in [0.15, 0.2) is 0 Å². The van der Waals surface area contributed by atoms with Gasteiger partial charge in [0.05, 0.1) is 4.92 Å². The van der Waals surface area contributed by atoms with Crippen LogP contribution in [0.1, 0.15) is 25.7 Å². The lowest BCUT2D eigenvalue weighted by Gasteiger charge is -2.30. The van der Waals surface area contributed by atoms with E-state index in [-0.39, 0.29) is 10.6 Å². The predicted octanol–water partition coefficient (Wildman–Crippen LogP) is 1.96. The van der Waals surface area contributed by atoms with E-state index >= 15 is 0 Å². The van der Waals surface area contributed by atoms with Gasteiger partial charge in [-0.15, -0.1) is 0 Å². The van der Waals surface area contributed by atoms with Gasteiger partial charge in [-0.05, 0) is 50.8 Å². The standard InChI is InChI=1S/C14H20N4O2/c19-18(20)13-2-1-7-16-14(13)17(12-3-4-12)10-11-5-8-15-9-6-11/h1-2,7,11-12,15H,3-6,8-10H2. The first-order valence-electron chi connectivity index (χ1n) is 7.32. The maximum absolute atomic E-state index is 11.2. The lowest BCUT2D eigenvalue weighted by Crippen LogP contribution is -2.38. The molecule has 0 radical (unpaired) electrons. The van der Waals surface area contributed by atoms with Crippen LogP contribution in [-0.2, 0) is 0 Å². The monoisotopic (exact) mass is 276 g/mol. The smallest absolute Gasteiger partial charge is 0.311 e. The van der Waals surface area contributed by atoms with Gasteiger partial charge in [-0.3, -0.25) is 10.1 Å². The molecule has 6 heteroatoms. The molecule has 0 unspecified atom stereocenters. The number of nitrogens with zero attached hydrogens (tertiary/aromatic N) is 3. The molecule has 0 bridgehead atoms. The molecule has 6 nitrogen and oxygen atoms in total. The van der Waals surface area contributed by atoms with E-state index < -0.39 is 0 Å². The van der Waals surface area contributed by atoms with Crippen LogP contribution in [0.15, 0.2) is 18.3 Å². The van der Waals surface area contributed by atoms with Gasteiger partial charge in [-0.25, -0.2) is 4.98 Å². The second kappa shape index (κ2) is 5.75. The SMILES string of the molecule is O=[N+]([O-])c1cccnc1N(CC1CCNCC1)C1CC1. The summed E-state index contributed by atoms with van der Waals surface area (Å²) in [4.78, 5) is 17.3. The van der Waals surface area contributed by atoms with Crippen molar-refractivity contribution in [2.24, 2.45) is 5.92 Å². The Morgan fingerprint density at radius 1 is 1.35 bits per heavy atom. The van der Waals surface area contributed by atoms with E-state index in [2.05, 4.69) is 15.2 Å². The van der Waals surface area contributed by atoms with E-state index in [1.807, 2.05) is 0 Å². The van der Waals surface area contributed by atoms with Crippen LogP contribution in [0.3, 0.4) is 0 Å². The number of anilines is 1. The van der Waals surface area contributed by atoms with E-state index in [4.69, 9.17) is 0 Å². The third kappa shape index (κ3) is 2.90. The summed E-state index contributed by atoms with van der Waals surface area (Å²) < 4.78 is 0. The number of hydrogen-bond donors (Lipinski definition) is 1. The summed E-state index contributed by atoms with van der Waals surface area (Å²) >= 11 is 0. The zero-order chi connectivity index (χ0) is 13.9. The molecule has 1 saturated carbocycles. The minimum atomic E-state index is -0.319. The van der Waals surface area contributed by atoms with E-state index in [1.165, 1.54) is 0 Å². The highest BCUT2D eigenvalue weighted by Gasteiger charge is 2.35. The van der Waals surface area contributed by atoms with Gasteiger partial charge >= 0.3 is 5.69 Å². The molecule has 2 heterocycles. The van der Waals surface area contributed by atoms with Gasteiger partial charge in [0.1, 0.15) is 0 Å². The fourth-order valence-electron chi connectivity index (χ4n) is 2.89. The Morgan fingerprint density at radius 3 is 2.75 bits per heavy atom. The fraction of sp³-hybridized carbons (Fsp3) is 0.643. The van der Waals surface area contributed by atoms with Crippen molar-refractivity contribution in [3.8, 4) is 0 Å². The maximum atomic E-state index is 11.2. The number of hydrogen-bond acceptors (Lipinski definition) is 5. The highest BCUT2D eigenvalue weighted by molar-refractivity contribution is 5.58. The second-order valence-corrected chi connectivity index (χ2v) is 5.68. The van der Waals surface area contributed by atoms with Crippen molar-refractivity contribution in [1.82, 2.24) is 10.3 Å². The van der Waals surface area contributed by atoms with Crippen LogP contribution in [-0.4, -0.2) is 35.6 Å². The summed E-state index contributed by atoms with van der Waals surface area (Å²) in [6, 6.07) is 3.63. The van der Waals surface area contributed by atoms with Crippen LogP contribution in [0.5, 0.6) is 0 Å². The second-order valence-electron chi connectivity index (χ2n) is 5.68. The van der Waals surface area contributed by atoms with Crippen molar-refractivity contribution in [3.05, 3.63) is 28.4 Å².